The molecule has 0 aliphatic carbocycles. The first-order chi connectivity index (χ1) is 7.95. The number of hydrogen-bond donors (Lipinski definition) is 2. The molecule has 0 spiro atoms. The summed E-state index contributed by atoms with van der Waals surface area (Å²) in [5, 5.41) is 8.69. The van der Waals surface area contributed by atoms with E-state index in [-0.39, 0.29) is 17.5 Å². The van der Waals surface area contributed by atoms with Crippen LogP contribution in [0.5, 0.6) is 0 Å². The maximum Gasteiger partial charge on any atom is 0.240 e. The molecule has 0 saturated carbocycles. The molecule has 0 aliphatic rings. The average Bonchev–Trinajstić information content (AvgIpc) is 2.28. The van der Waals surface area contributed by atoms with Crippen LogP contribution in [0.3, 0.4) is 0 Å². The molecule has 92 valence electrons. The number of nitriles is 1. The summed E-state index contributed by atoms with van der Waals surface area (Å²) in [6.45, 7) is 2.10. The Morgan fingerprint density at radius 3 is 2.82 bits per heavy atom. The molecule has 5 nitrogen and oxygen atoms in total. The van der Waals surface area contributed by atoms with Gasteiger partial charge in [-0.05, 0) is 31.5 Å². The lowest BCUT2D eigenvalue weighted by Gasteiger charge is -2.08. The van der Waals surface area contributed by atoms with Crippen LogP contribution in [-0.2, 0) is 10.0 Å². The van der Waals surface area contributed by atoms with E-state index in [0.717, 1.165) is 0 Å². The van der Waals surface area contributed by atoms with Gasteiger partial charge in [-0.25, -0.2) is 13.1 Å². The summed E-state index contributed by atoms with van der Waals surface area (Å²) in [5.74, 6) is 0. The summed E-state index contributed by atoms with van der Waals surface area (Å²) in [5.41, 5.74) is 5.85. The van der Waals surface area contributed by atoms with Crippen molar-refractivity contribution in [2.45, 2.75) is 24.3 Å². The molecule has 1 rings (SSSR count). The third-order valence-electron chi connectivity index (χ3n) is 2.17. The van der Waals surface area contributed by atoms with E-state index < -0.39 is 10.0 Å². The van der Waals surface area contributed by atoms with Crippen molar-refractivity contribution >= 4 is 10.0 Å². The van der Waals surface area contributed by atoms with E-state index in [1.807, 2.05) is 13.0 Å². The largest absolute Gasteiger partial charge is 0.328 e. The van der Waals surface area contributed by atoms with Gasteiger partial charge < -0.3 is 5.73 Å². The fourth-order valence-corrected chi connectivity index (χ4v) is 2.33. The van der Waals surface area contributed by atoms with Gasteiger partial charge in [0.15, 0.2) is 0 Å². The molecule has 3 N–H and O–H groups in total. The SMILES string of the molecule is CC(N)CCNS(=O)(=O)c1cccc(C#N)c1. The van der Waals surface area contributed by atoms with Gasteiger partial charge in [-0.1, -0.05) is 6.07 Å². The summed E-state index contributed by atoms with van der Waals surface area (Å²) in [7, 11) is -3.55. The minimum atomic E-state index is -3.55. The van der Waals surface area contributed by atoms with Crippen molar-refractivity contribution in [1.29, 1.82) is 5.26 Å². The Morgan fingerprint density at radius 1 is 1.53 bits per heavy atom. The van der Waals surface area contributed by atoms with Gasteiger partial charge in [-0.15, -0.1) is 0 Å². The number of nitrogens with zero attached hydrogens (tertiary/aromatic N) is 1. The molecule has 0 fully saturated rings. The quantitative estimate of drug-likeness (QED) is 0.802. The van der Waals surface area contributed by atoms with Crippen LogP contribution in [0.1, 0.15) is 18.9 Å². The zero-order valence-electron chi connectivity index (χ0n) is 9.55. The maximum atomic E-state index is 11.8. The van der Waals surface area contributed by atoms with Crippen molar-refractivity contribution in [2.24, 2.45) is 5.73 Å². The van der Waals surface area contributed by atoms with E-state index in [0.29, 0.717) is 12.0 Å². The third-order valence-corrected chi connectivity index (χ3v) is 3.62. The number of rotatable bonds is 5. The molecule has 0 aromatic heterocycles. The minimum Gasteiger partial charge on any atom is -0.328 e. The van der Waals surface area contributed by atoms with Crippen LogP contribution in [0.15, 0.2) is 29.2 Å². The van der Waals surface area contributed by atoms with Crippen LogP contribution in [-0.4, -0.2) is 21.0 Å². The Labute approximate surface area is 101 Å². The van der Waals surface area contributed by atoms with Crippen molar-refractivity contribution in [2.75, 3.05) is 6.54 Å². The van der Waals surface area contributed by atoms with E-state index in [2.05, 4.69) is 4.72 Å². The average molecular weight is 253 g/mol. The molecule has 1 unspecified atom stereocenters. The zero-order valence-corrected chi connectivity index (χ0v) is 10.4. The van der Waals surface area contributed by atoms with Crippen LogP contribution in [0.25, 0.3) is 0 Å². The van der Waals surface area contributed by atoms with Gasteiger partial charge in [0.05, 0.1) is 16.5 Å². The second-order valence-electron chi connectivity index (χ2n) is 3.80. The Balaban J connectivity index is 2.79. The second kappa shape index (κ2) is 5.77. The van der Waals surface area contributed by atoms with Crippen molar-refractivity contribution in [3.63, 3.8) is 0 Å². The fraction of sp³-hybridized carbons (Fsp3) is 0.364. The summed E-state index contributed by atoms with van der Waals surface area (Å²) >= 11 is 0. The van der Waals surface area contributed by atoms with E-state index in [1.165, 1.54) is 12.1 Å². The first-order valence-corrected chi connectivity index (χ1v) is 6.69. The zero-order chi connectivity index (χ0) is 12.9. The van der Waals surface area contributed by atoms with E-state index in [9.17, 15) is 8.42 Å². The Kier molecular flexibility index (Phi) is 4.63. The first-order valence-electron chi connectivity index (χ1n) is 5.21. The highest BCUT2D eigenvalue weighted by Crippen LogP contribution is 2.10. The Morgan fingerprint density at radius 2 is 2.24 bits per heavy atom. The number of benzene rings is 1. The predicted octanol–water partition coefficient (Wildman–Crippen LogP) is 0.574. The Hall–Kier alpha value is -1.42. The number of nitrogens with one attached hydrogen (secondary N) is 1. The lowest BCUT2D eigenvalue weighted by molar-refractivity contribution is 0.572. The van der Waals surface area contributed by atoms with Gasteiger partial charge in [-0.2, -0.15) is 5.26 Å². The van der Waals surface area contributed by atoms with Gasteiger partial charge in [0.1, 0.15) is 0 Å². The van der Waals surface area contributed by atoms with Gasteiger partial charge in [-0.3, -0.25) is 0 Å². The lowest BCUT2D eigenvalue weighted by atomic mass is 10.2. The van der Waals surface area contributed by atoms with Crippen LogP contribution in [0, 0.1) is 11.3 Å². The molecule has 0 aliphatic heterocycles. The molecule has 0 radical (unpaired) electrons. The molecule has 0 amide bonds. The summed E-state index contributed by atoms with van der Waals surface area (Å²) in [4.78, 5) is 0.0984. The summed E-state index contributed by atoms with van der Waals surface area (Å²) in [6, 6.07) is 7.74. The van der Waals surface area contributed by atoms with Crippen LogP contribution in [0.2, 0.25) is 0 Å². The number of nitrogens with two attached hydrogens (primary N) is 1. The highest BCUT2D eigenvalue weighted by atomic mass is 32.2. The van der Waals surface area contributed by atoms with Crippen LogP contribution < -0.4 is 10.5 Å². The van der Waals surface area contributed by atoms with Crippen molar-refractivity contribution < 1.29 is 8.42 Å². The first kappa shape index (κ1) is 13.6. The summed E-state index contributed by atoms with van der Waals surface area (Å²) < 4.78 is 26.1. The molecule has 1 atom stereocenters. The van der Waals surface area contributed by atoms with Gasteiger partial charge in [0.25, 0.3) is 0 Å². The normalized spacial score (nSPS) is 13.0. The molecular weight excluding hydrogens is 238 g/mol. The van der Waals surface area contributed by atoms with Gasteiger partial charge >= 0.3 is 0 Å². The van der Waals surface area contributed by atoms with Crippen molar-refractivity contribution in [3.05, 3.63) is 29.8 Å². The van der Waals surface area contributed by atoms with E-state index >= 15 is 0 Å². The lowest BCUT2D eigenvalue weighted by Crippen LogP contribution is -2.29. The topological polar surface area (TPSA) is 96.0 Å². The van der Waals surface area contributed by atoms with Gasteiger partial charge in [0.2, 0.25) is 10.0 Å². The monoisotopic (exact) mass is 253 g/mol. The molecular formula is C11H15N3O2S. The smallest absolute Gasteiger partial charge is 0.240 e. The molecule has 1 aromatic carbocycles. The molecule has 6 heteroatoms. The summed E-state index contributed by atoms with van der Waals surface area (Å²) in [6.07, 6.45) is 0.567. The van der Waals surface area contributed by atoms with E-state index in [1.54, 1.807) is 12.1 Å². The highest BCUT2D eigenvalue weighted by Gasteiger charge is 2.13. The van der Waals surface area contributed by atoms with Crippen molar-refractivity contribution in [1.82, 2.24) is 4.72 Å². The Bertz CT molecular complexity index is 518. The molecule has 0 heterocycles. The van der Waals surface area contributed by atoms with E-state index in [4.69, 9.17) is 11.0 Å². The highest BCUT2D eigenvalue weighted by molar-refractivity contribution is 7.89. The van der Waals surface area contributed by atoms with Crippen LogP contribution in [0.4, 0.5) is 0 Å². The molecule has 17 heavy (non-hydrogen) atoms. The molecule has 1 aromatic rings. The predicted molar refractivity (Wildman–Crippen MR) is 64.6 cm³/mol. The van der Waals surface area contributed by atoms with Crippen molar-refractivity contribution in [3.8, 4) is 6.07 Å². The minimum absolute atomic E-state index is 0.0526. The second-order valence-corrected chi connectivity index (χ2v) is 5.57. The molecule has 0 bridgehead atoms. The number of sulfonamides is 1. The third kappa shape index (κ3) is 4.15. The van der Waals surface area contributed by atoms with Crippen LogP contribution >= 0.6 is 0 Å². The standard InChI is InChI=1S/C11H15N3O2S/c1-9(13)5-6-14-17(15,16)11-4-2-3-10(7-11)8-12/h2-4,7,9,14H,5-6,13H2,1H3. The number of hydrogen-bond acceptors (Lipinski definition) is 4. The van der Waals surface area contributed by atoms with Gasteiger partial charge in [0, 0.05) is 12.6 Å². The fourth-order valence-electron chi connectivity index (χ4n) is 1.24. The molecule has 0 saturated heterocycles. The maximum absolute atomic E-state index is 11.8.